The lowest BCUT2D eigenvalue weighted by molar-refractivity contribution is 0.0969. The molecule has 0 radical (unpaired) electrons. The average molecular weight is 517 g/mol. The van der Waals surface area contributed by atoms with Crippen LogP contribution in [0, 0.1) is 0 Å². The lowest BCUT2D eigenvalue weighted by atomic mass is 9.91. The van der Waals surface area contributed by atoms with Crippen molar-refractivity contribution in [3.05, 3.63) is 144 Å². The smallest absolute Gasteiger partial charge is 0.262 e. The number of aromatic nitrogens is 1. The van der Waals surface area contributed by atoms with Crippen molar-refractivity contribution in [3.8, 4) is 11.5 Å². The van der Waals surface area contributed by atoms with E-state index in [2.05, 4.69) is 17.6 Å². The standard InChI is InChI=1S/C34H32N2O3/c1-3-25(4-2)23-39-33-21-29(38-24-26-11-6-5-7-12-26)17-18-30(33)34(37)36-31-15-9-8-13-27(31)16-19-32(36)28-14-10-20-35-22-28/h3-15,17-18,20-22,32H,1,16,19,23-24H2,2H3/b25-4+. The molecule has 3 aromatic carbocycles. The molecule has 0 fully saturated rings. The summed E-state index contributed by atoms with van der Waals surface area (Å²) in [5.41, 5.74) is 5.55. The molecule has 1 aromatic heterocycles. The summed E-state index contributed by atoms with van der Waals surface area (Å²) < 4.78 is 12.3. The van der Waals surface area contributed by atoms with Crippen LogP contribution < -0.4 is 14.4 Å². The number of benzene rings is 3. The number of amides is 1. The summed E-state index contributed by atoms with van der Waals surface area (Å²) in [7, 11) is 0. The number of aryl methyl sites for hydroxylation is 1. The van der Waals surface area contributed by atoms with E-state index in [1.165, 1.54) is 0 Å². The minimum absolute atomic E-state index is 0.124. The Morgan fingerprint density at radius 1 is 1.03 bits per heavy atom. The van der Waals surface area contributed by atoms with Crippen molar-refractivity contribution in [1.82, 2.24) is 4.98 Å². The molecular formula is C34H32N2O3. The first-order chi connectivity index (χ1) is 19.2. The van der Waals surface area contributed by atoms with Gasteiger partial charge in [0, 0.05) is 24.1 Å². The molecule has 5 nitrogen and oxygen atoms in total. The van der Waals surface area contributed by atoms with E-state index in [1.807, 2.05) is 96.9 Å². The third kappa shape index (κ3) is 5.93. The van der Waals surface area contributed by atoms with Crippen molar-refractivity contribution in [1.29, 1.82) is 0 Å². The van der Waals surface area contributed by atoms with Gasteiger partial charge in [-0.25, -0.2) is 0 Å². The molecule has 0 aliphatic carbocycles. The molecule has 196 valence electrons. The Balaban J connectivity index is 1.52. The van der Waals surface area contributed by atoms with E-state index in [1.54, 1.807) is 18.3 Å². The van der Waals surface area contributed by atoms with E-state index in [9.17, 15) is 4.79 Å². The topological polar surface area (TPSA) is 51.7 Å². The number of hydrogen-bond donors (Lipinski definition) is 0. The van der Waals surface area contributed by atoms with Crippen LogP contribution in [0.1, 0.15) is 46.4 Å². The number of pyridine rings is 1. The molecule has 2 heterocycles. The van der Waals surface area contributed by atoms with Crippen LogP contribution in [0.2, 0.25) is 0 Å². The predicted molar refractivity (Wildman–Crippen MR) is 155 cm³/mol. The molecule has 1 unspecified atom stereocenters. The number of hydrogen-bond acceptors (Lipinski definition) is 4. The molecule has 1 aliphatic rings. The molecule has 39 heavy (non-hydrogen) atoms. The zero-order valence-corrected chi connectivity index (χ0v) is 22.1. The van der Waals surface area contributed by atoms with E-state index in [4.69, 9.17) is 9.47 Å². The number of fused-ring (bicyclic) bond motifs is 1. The van der Waals surface area contributed by atoms with Crippen molar-refractivity contribution in [3.63, 3.8) is 0 Å². The van der Waals surface area contributed by atoms with Gasteiger partial charge in [0.05, 0.1) is 11.6 Å². The molecule has 0 saturated carbocycles. The van der Waals surface area contributed by atoms with Gasteiger partial charge in [-0.05, 0) is 66.3 Å². The normalized spacial score (nSPS) is 14.8. The Hall–Kier alpha value is -4.64. The predicted octanol–water partition coefficient (Wildman–Crippen LogP) is 7.51. The zero-order valence-electron chi connectivity index (χ0n) is 22.1. The van der Waals surface area contributed by atoms with Crippen LogP contribution in [0.25, 0.3) is 0 Å². The molecule has 4 aromatic rings. The third-order valence-corrected chi connectivity index (χ3v) is 7.00. The minimum Gasteiger partial charge on any atom is -0.489 e. The van der Waals surface area contributed by atoms with E-state index < -0.39 is 0 Å². The van der Waals surface area contributed by atoms with E-state index >= 15 is 0 Å². The van der Waals surface area contributed by atoms with Gasteiger partial charge in [0.2, 0.25) is 0 Å². The number of nitrogens with zero attached hydrogens (tertiary/aromatic N) is 2. The molecule has 1 atom stereocenters. The molecule has 5 heteroatoms. The van der Waals surface area contributed by atoms with Crippen LogP contribution in [-0.2, 0) is 13.0 Å². The van der Waals surface area contributed by atoms with Gasteiger partial charge < -0.3 is 14.4 Å². The highest BCUT2D eigenvalue weighted by molar-refractivity contribution is 6.09. The number of allylic oxidation sites excluding steroid dienone is 1. The Morgan fingerprint density at radius 3 is 2.62 bits per heavy atom. The first-order valence-electron chi connectivity index (χ1n) is 13.2. The molecule has 0 saturated heterocycles. The van der Waals surface area contributed by atoms with Crippen molar-refractivity contribution in [2.45, 2.75) is 32.4 Å². The Labute approximate surface area is 230 Å². The lowest BCUT2D eigenvalue weighted by Crippen LogP contribution is -2.38. The molecule has 5 rings (SSSR count). The zero-order chi connectivity index (χ0) is 27.0. The summed E-state index contributed by atoms with van der Waals surface area (Å²) in [5, 5.41) is 0. The summed E-state index contributed by atoms with van der Waals surface area (Å²) in [6.07, 6.45) is 9.01. The maximum Gasteiger partial charge on any atom is 0.262 e. The lowest BCUT2D eigenvalue weighted by Gasteiger charge is -2.37. The second-order valence-corrected chi connectivity index (χ2v) is 9.43. The van der Waals surface area contributed by atoms with E-state index in [0.29, 0.717) is 30.3 Å². The fourth-order valence-corrected chi connectivity index (χ4v) is 4.87. The van der Waals surface area contributed by atoms with Crippen molar-refractivity contribution in [2.24, 2.45) is 0 Å². The van der Waals surface area contributed by atoms with Gasteiger partial charge >= 0.3 is 0 Å². The Bertz CT molecular complexity index is 1460. The summed E-state index contributed by atoms with van der Waals surface area (Å²) >= 11 is 0. The van der Waals surface area contributed by atoms with Gasteiger partial charge in [0.1, 0.15) is 24.7 Å². The van der Waals surface area contributed by atoms with Crippen molar-refractivity contribution < 1.29 is 14.3 Å². The Morgan fingerprint density at radius 2 is 1.85 bits per heavy atom. The number of ether oxygens (including phenoxy) is 2. The second-order valence-electron chi connectivity index (χ2n) is 9.43. The fraction of sp³-hybridized carbons (Fsp3) is 0.176. The average Bonchev–Trinajstić information content (AvgIpc) is 3.00. The van der Waals surface area contributed by atoms with Crippen LogP contribution in [0.15, 0.2) is 122 Å². The van der Waals surface area contributed by atoms with Gasteiger partial charge in [-0.2, -0.15) is 0 Å². The quantitative estimate of drug-likeness (QED) is 0.216. The maximum absolute atomic E-state index is 14.4. The van der Waals surface area contributed by atoms with Crippen LogP contribution >= 0.6 is 0 Å². The number of carbonyl (C=O) groups excluding carboxylic acids is 1. The maximum atomic E-state index is 14.4. The molecule has 1 aliphatic heterocycles. The summed E-state index contributed by atoms with van der Waals surface area (Å²) in [4.78, 5) is 20.6. The Kier molecular flexibility index (Phi) is 8.18. The third-order valence-electron chi connectivity index (χ3n) is 7.00. The van der Waals surface area contributed by atoms with Crippen LogP contribution in [0.3, 0.4) is 0 Å². The number of carbonyl (C=O) groups is 1. The largest absolute Gasteiger partial charge is 0.489 e. The highest BCUT2D eigenvalue weighted by Gasteiger charge is 2.34. The first kappa shape index (κ1) is 26.0. The van der Waals surface area contributed by atoms with Crippen molar-refractivity contribution >= 4 is 11.6 Å². The van der Waals surface area contributed by atoms with Crippen LogP contribution in [0.5, 0.6) is 11.5 Å². The number of rotatable bonds is 9. The summed E-state index contributed by atoms with van der Waals surface area (Å²) in [6.45, 7) is 6.53. The number of para-hydroxylation sites is 1. The molecule has 0 N–H and O–H groups in total. The molecule has 0 bridgehead atoms. The summed E-state index contributed by atoms with van der Waals surface area (Å²) in [6, 6.07) is 27.4. The highest BCUT2D eigenvalue weighted by Crippen LogP contribution is 2.40. The van der Waals surface area contributed by atoms with Gasteiger partial charge in [0.15, 0.2) is 0 Å². The van der Waals surface area contributed by atoms with Gasteiger partial charge in [0.25, 0.3) is 5.91 Å². The van der Waals surface area contributed by atoms with Gasteiger partial charge in [-0.1, -0.05) is 73.3 Å². The first-order valence-corrected chi connectivity index (χ1v) is 13.2. The summed E-state index contributed by atoms with van der Waals surface area (Å²) in [5.74, 6) is 0.981. The molecule has 1 amide bonds. The number of anilines is 1. The van der Waals surface area contributed by atoms with Crippen LogP contribution in [-0.4, -0.2) is 17.5 Å². The van der Waals surface area contributed by atoms with Gasteiger partial charge in [-0.15, -0.1) is 0 Å². The van der Waals surface area contributed by atoms with Crippen molar-refractivity contribution in [2.75, 3.05) is 11.5 Å². The highest BCUT2D eigenvalue weighted by atomic mass is 16.5. The molecule has 0 spiro atoms. The minimum atomic E-state index is -0.137. The second kappa shape index (κ2) is 12.3. The molecular weight excluding hydrogens is 484 g/mol. The van der Waals surface area contributed by atoms with Crippen LogP contribution in [0.4, 0.5) is 5.69 Å². The SMILES string of the molecule is C=C/C(=C\C)COc1cc(OCc2ccccc2)ccc1C(=O)N1c2ccccc2CCC1c1cccnc1. The van der Waals surface area contributed by atoms with E-state index in [0.717, 1.165) is 40.8 Å². The fourth-order valence-electron chi connectivity index (χ4n) is 4.87. The van der Waals surface area contributed by atoms with Gasteiger partial charge in [-0.3, -0.25) is 9.78 Å². The monoisotopic (exact) mass is 516 g/mol. The van der Waals surface area contributed by atoms with E-state index in [-0.39, 0.29) is 11.9 Å².